The summed E-state index contributed by atoms with van der Waals surface area (Å²) in [6.07, 6.45) is 6.17. The van der Waals surface area contributed by atoms with Crippen molar-refractivity contribution in [3.05, 3.63) is 65.5 Å². The predicted molar refractivity (Wildman–Crippen MR) is 76.5 cm³/mol. The first-order valence-electron chi connectivity index (χ1n) is 6.89. The highest BCUT2D eigenvalue weighted by atomic mass is 16.4. The number of nitrogens with zero attached hydrogens (tertiary/aromatic N) is 1. The Morgan fingerprint density at radius 3 is 2.55 bits per heavy atom. The normalized spacial score (nSPS) is 21.2. The molecule has 0 aliphatic heterocycles. The van der Waals surface area contributed by atoms with Crippen LogP contribution in [0.1, 0.15) is 23.1 Å². The zero-order chi connectivity index (χ0) is 14.0. The van der Waals surface area contributed by atoms with Gasteiger partial charge < -0.3 is 5.11 Å². The van der Waals surface area contributed by atoms with Crippen LogP contribution >= 0.6 is 0 Å². The summed E-state index contributed by atoms with van der Waals surface area (Å²) in [6, 6.07) is 12.0. The molecule has 0 saturated heterocycles. The van der Waals surface area contributed by atoms with E-state index in [4.69, 9.17) is 0 Å². The number of fused-ring (bicyclic) bond motifs is 1. The number of rotatable bonds is 3. The lowest BCUT2D eigenvalue weighted by atomic mass is 9.68. The quantitative estimate of drug-likeness (QED) is 0.930. The third kappa shape index (κ3) is 2.31. The van der Waals surface area contributed by atoms with E-state index in [1.165, 1.54) is 11.1 Å². The maximum absolute atomic E-state index is 11.9. The Labute approximate surface area is 118 Å². The van der Waals surface area contributed by atoms with E-state index in [2.05, 4.69) is 17.1 Å². The molecule has 1 aliphatic carbocycles. The predicted octanol–water partition coefficient (Wildman–Crippen LogP) is 2.88. The molecule has 0 bridgehead atoms. The van der Waals surface area contributed by atoms with Crippen molar-refractivity contribution in [3.8, 4) is 0 Å². The van der Waals surface area contributed by atoms with Crippen molar-refractivity contribution < 1.29 is 9.90 Å². The minimum Gasteiger partial charge on any atom is -0.481 e. The van der Waals surface area contributed by atoms with E-state index in [-0.39, 0.29) is 0 Å². The van der Waals surface area contributed by atoms with Crippen molar-refractivity contribution >= 4 is 5.97 Å². The molecule has 2 aromatic rings. The molecule has 0 saturated carbocycles. The molecule has 1 aromatic carbocycles. The molecular weight excluding hydrogens is 250 g/mol. The molecule has 0 amide bonds. The van der Waals surface area contributed by atoms with Gasteiger partial charge in [0.25, 0.3) is 0 Å². The number of aromatic nitrogens is 1. The second-order valence-electron chi connectivity index (χ2n) is 5.56. The number of aryl methyl sites for hydroxylation is 1. The number of hydrogen-bond acceptors (Lipinski definition) is 2. The lowest BCUT2D eigenvalue weighted by Crippen LogP contribution is -2.39. The SMILES string of the molecule is O=C(O)C1(Cc2ccncc2)CCc2ccccc2C1. The van der Waals surface area contributed by atoms with Crippen LogP contribution in [0.2, 0.25) is 0 Å². The van der Waals surface area contributed by atoms with Gasteiger partial charge in [-0.3, -0.25) is 9.78 Å². The summed E-state index contributed by atoms with van der Waals surface area (Å²) in [5.41, 5.74) is 2.83. The molecule has 1 atom stereocenters. The second kappa shape index (κ2) is 5.08. The van der Waals surface area contributed by atoms with Crippen molar-refractivity contribution in [2.45, 2.75) is 25.7 Å². The number of benzene rings is 1. The van der Waals surface area contributed by atoms with E-state index in [1.807, 2.05) is 24.3 Å². The van der Waals surface area contributed by atoms with Crippen LogP contribution in [0.15, 0.2) is 48.8 Å². The maximum atomic E-state index is 11.9. The molecule has 1 N–H and O–H groups in total. The molecule has 0 spiro atoms. The fraction of sp³-hybridized carbons (Fsp3) is 0.294. The highest BCUT2D eigenvalue weighted by molar-refractivity contribution is 5.76. The summed E-state index contributed by atoms with van der Waals surface area (Å²) in [6.45, 7) is 0. The van der Waals surface area contributed by atoms with Crippen LogP contribution in [0, 0.1) is 5.41 Å². The smallest absolute Gasteiger partial charge is 0.310 e. The van der Waals surface area contributed by atoms with Crippen LogP contribution in [0.25, 0.3) is 0 Å². The number of aliphatic carboxylic acids is 1. The van der Waals surface area contributed by atoms with Crippen LogP contribution in [-0.2, 0) is 24.1 Å². The van der Waals surface area contributed by atoms with Crippen LogP contribution < -0.4 is 0 Å². The molecule has 20 heavy (non-hydrogen) atoms. The van der Waals surface area contributed by atoms with E-state index in [0.29, 0.717) is 19.3 Å². The monoisotopic (exact) mass is 267 g/mol. The van der Waals surface area contributed by atoms with Gasteiger partial charge in [-0.25, -0.2) is 0 Å². The van der Waals surface area contributed by atoms with Crippen LogP contribution in [0.4, 0.5) is 0 Å². The highest BCUT2D eigenvalue weighted by Crippen LogP contribution is 2.38. The van der Waals surface area contributed by atoms with E-state index in [9.17, 15) is 9.90 Å². The Morgan fingerprint density at radius 1 is 1.15 bits per heavy atom. The molecule has 3 rings (SSSR count). The number of carboxylic acids is 1. The average molecular weight is 267 g/mol. The fourth-order valence-corrected chi connectivity index (χ4v) is 3.10. The molecule has 1 unspecified atom stereocenters. The number of carboxylic acid groups (broad SMARTS) is 1. The number of carbonyl (C=O) groups is 1. The minimum absolute atomic E-state index is 0.569. The van der Waals surface area contributed by atoms with Gasteiger partial charge in [-0.05, 0) is 54.5 Å². The van der Waals surface area contributed by atoms with E-state index >= 15 is 0 Å². The first-order chi connectivity index (χ1) is 9.70. The maximum Gasteiger partial charge on any atom is 0.310 e. The summed E-state index contributed by atoms with van der Waals surface area (Å²) in [7, 11) is 0. The first-order valence-corrected chi connectivity index (χ1v) is 6.89. The summed E-state index contributed by atoms with van der Waals surface area (Å²) in [5, 5.41) is 9.76. The van der Waals surface area contributed by atoms with E-state index in [1.54, 1.807) is 12.4 Å². The molecule has 3 heteroatoms. The van der Waals surface area contributed by atoms with Crippen molar-refractivity contribution in [2.75, 3.05) is 0 Å². The molecule has 1 aromatic heterocycles. The number of hydrogen-bond donors (Lipinski definition) is 1. The largest absolute Gasteiger partial charge is 0.481 e. The van der Waals surface area contributed by atoms with Crippen LogP contribution in [0.3, 0.4) is 0 Å². The van der Waals surface area contributed by atoms with Crippen LogP contribution in [-0.4, -0.2) is 16.1 Å². The van der Waals surface area contributed by atoms with Crippen LogP contribution in [0.5, 0.6) is 0 Å². The Balaban J connectivity index is 1.93. The van der Waals surface area contributed by atoms with E-state index < -0.39 is 11.4 Å². The third-order valence-corrected chi connectivity index (χ3v) is 4.27. The van der Waals surface area contributed by atoms with Gasteiger partial charge in [0.05, 0.1) is 5.41 Å². The molecule has 1 aliphatic rings. The van der Waals surface area contributed by atoms with Crippen molar-refractivity contribution in [2.24, 2.45) is 5.41 Å². The highest BCUT2D eigenvalue weighted by Gasteiger charge is 2.41. The van der Waals surface area contributed by atoms with Gasteiger partial charge in [-0.2, -0.15) is 0 Å². The van der Waals surface area contributed by atoms with Gasteiger partial charge in [0.15, 0.2) is 0 Å². The Kier molecular flexibility index (Phi) is 3.26. The molecule has 0 radical (unpaired) electrons. The Morgan fingerprint density at radius 2 is 1.85 bits per heavy atom. The zero-order valence-corrected chi connectivity index (χ0v) is 11.2. The zero-order valence-electron chi connectivity index (χ0n) is 11.2. The van der Waals surface area contributed by atoms with E-state index in [0.717, 1.165) is 12.0 Å². The Bertz CT molecular complexity index is 624. The summed E-state index contributed by atoms with van der Waals surface area (Å²) in [4.78, 5) is 15.9. The summed E-state index contributed by atoms with van der Waals surface area (Å²) < 4.78 is 0. The molecule has 102 valence electrons. The summed E-state index contributed by atoms with van der Waals surface area (Å²) in [5.74, 6) is -0.691. The lowest BCUT2D eigenvalue weighted by Gasteiger charge is -2.34. The molecular formula is C17H17NO2. The Hall–Kier alpha value is -2.16. The van der Waals surface area contributed by atoms with Gasteiger partial charge in [-0.15, -0.1) is 0 Å². The van der Waals surface area contributed by atoms with Gasteiger partial charge in [0.2, 0.25) is 0 Å². The lowest BCUT2D eigenvalue weighted by molar-refractivity contribution is -0.149. The molecule has 1 heterocycles. The average Bonchev–Trinajstić information content (AvgIpc) is 2.48. The first kappa shape index (κ1) is 12.9. The van der Waals surface area contributed by atoms with Gasteiger partial charge in [-0.1, -0.05) is 24.3 Å². The van der Waals surface area contributed by atoms with Crippen molar-refractivity contribution in [3.63, 3.8) is 0 Å². The minimum atomic E-state index is -0.691. The fourth-order valence-electron chi connectivity index (χ4n) is 3.10. The third-order valence-electron chi connectivity index (χ3n) is 4.27. The molecule has 0 fully saturated rings. The van der Waals surface area contributed by atoms with Crippen molar-refractivity contribution in [1.29, 1.82) is 0 Å². The molecule has 3 nitrogen and oxygen atoms in total. The van der Waals surface area contributed by atoms with Gasteiger partial charge >= 0.3 is 5.97 Å². The standard InChI is InChI=1S/C17H17NO2/c19-16(20)17(11-13-6-9-18-10-7-13)8-5-14-3-1-2-4-15(14)12-17/h1-4,6-7,9-10H,5,8,11-12H2,(H,19,20). The van der Waals surface area contributed by atoms with Crippen molar-refractivity contribution in [1.82, 2.24) is 4.98 Å². The van der Waals surface area contributed by atoms with Gasteiger partial charge in [0.1, 0.15) is 0 Å². The topological polar surface area (TPSA) is 50.2 Å². The second-order valence-corrected chi connectivity index (χ2v) is 5.56. The van der Waals surface area contributed by atoms with Gasteiger partial charge in [0, 0.05) is 12.4 Å². The number of pyridine rings is 1. The summed E-state index contributed by atoms with van der Waals surface area (Å²) >= 11 is 0.